The molecule has 0 bridgehead atoms. The molecule has 0 aromatic heterocycles. The van der Waals surface area contributed by atoms with Gasteiger partial charge in [0, 0.05) is 11.0 Å². The van der Waals surface area contributed by atoms with E-state index in [9.17, 15) is 14.9 Å². The molecule has 2 rings (SSSR count). The number of aryl methyl sites for hydroxylation is 2. The highest BCUT2D eigenvalue weighted by Gasteiger charge is 2.19. The van der Waals surface area contributed by atoms with Crippen molar-refractivity contribution in [2.45, 2.75) is 23.6 Å². The van der Waals surface area contributed by atoms with Crippen molar-refractivity contribution in [1.29, 1.82) is 0 Å². The number of nitrogens with zero attached hydrogens (tertiary/aromatic N) is 1. The highest BCUT2D eigenvalue weighted by atomic mass is 32.2. The van der Waals surface area contributed by atoms with E-state index in [4.69, 9.17) is 14.3 Å². The van der Waals surface area contributed by atoms with Crippen molar-refractivity contribution in [2.24, 2.45) is 0 Å². The van der Waals surface area contributed by atoms with Crippen LogP contribution in [0.15, 0.2) is 46.2 Å². The van der Waals surface area contributed by atoms with Gasteiger partial charge in [0.05, 0.1) is 22.5 Å². The summed E-state index contributed by atoms with van der Waals surface area (Å²) >= 11 is 1.19. The summed E-state index contributed by atoms with van der Waals surface area (Å²) in [4.78, 5) is 40.0. The maximum atomic E-state index is 11.8. The number of carbonyl (C=O) groups excluding carboxylic acids is 3. The molecule has 0 aliphatic carbocycles. The van der Waals surface area contributed by atoms with Crippen LogP contribution in [0.25, 0.3) is 0 Å². The number of nitro groups is 1. The minimum Gasteiger partial charge on any atom is -0.465 e. The second kappa shape index (κ2) is 9.36. The fraction of sp³-hybridized carbons (Fsp3) is 0.176. The third-order valence-electron chi connectivity index (χ3n) is 3.07. The Labute approximate surface area is 148 Å². The topological polar surface area (TPSA) is 104 Å². The van der Waals surface area contributed by atoms with Crippen LogP contribution in [0.4, 0.5) is 5.69 Å². The summed E-state index contributed by atoms with van der Waals surface area (Å²) in [6.07, 6.45) is 0.250. The average Bonchev–Trinajstić information content (AvgIpc) is 2.56. The number of hydrogen-bond donors (Lipinski definition) is 0. The van der Waals surface area contributed by atoms with Crippen molar-refractivity contribution in [1.82, 2.24) is 0 Å². The first-order chi connectivity index (χ1) is 11.8. The number of esters is 1. The molecule has 7 nitrogen and oxygen atoms in total. The Bertz CT molecular complexity index is 828. The van der Waals surface area contributed by atoms with E-state index in [-0.39, 0.29) is 11.8 Å². The fourth-order valence-corrected chi connectivity index (χ4v) is 3.08. The summed E-state index contributed by atoms with van der Waals surface area (Å²) in [5, 5.41) is 11.2. The van der Waals surface area contributed by atoms with Crippen molar-refractivity contribution in [2.75, 3.05) is 7.11 Å². The fourth-order valence-electron chi connectivity index (χ4n) is 1.97. The summed E-state index contributed by atoms with van der Waals surface area (Å²) in [6, 6.07) is 10.3. The first-order valence-electron chi connectivity index (χ1n) is 6.95. The van der Waals surface area contributed by atoms with Crippen molar-refractivity contribution >= 4 is 29.6 Å². The highest BCUT2D eigenvalue weighted by Crippen LogP contribution is 2.37. The highest BCUT2D eigenvalue weighted by molar-refractivity contribution is 7.99. The van der Waals surface area contributed by atoms with Gasteiger partial charge in [-0.1, -0.05) is 23.9 Å². The van der Waals surface area contributed by atoms with Gasteiger partial charge in [-0.2, -0.15) is 9.59 Å². The molecule has 2 aromatic carbocycles. The third kappa shape index (κ3) is 5.56. The molecule has 0 radical (unpaired) electrons. The van der Waals surface area contributed by atoms with Gasteiger partial charge < -0.3 is 4.74 Å². The van der Waals surface area contributed by atoms with Crippen molar-refractivity contribution < 1.29 is 24.0 Å². The van der Waals surface area contributed by atoms with E-state index < -0.39 is 10.9 Å². The van der Waals surface area contributed by atoms with Gasteiger partial charge in [0.2, 0.25) is 0 Å². The largest absolute Gasteiger partial charge is 0.465 e. The zero-order valence-corrected chi connectivity index (χ0v) is 14.6. The van der Waals surface area contributed by atoms with E-state index in [1.165, 1.54) is 24.9 Å². The molecule has 0 unspecified atom stereocenters. The lowest BCUT2D eigenvalue weighted by Crippen LogP contribution is -2.03. The van der Waals surface area contributed by atoms with E-state index in [2.05, 4.69) is 0 Å². The Morgan fingerprint density at radius 2 is 1.64 bits per heavy atom. The molecular formula is C17H15NO6S. The number of carbonyl (C=O) groups is 1. The van der Waals surface area contributed by atoms with Gasteiger partial charge in [0.15, 0.2) is 0 Å². The first-order valence-corrected chi connectivity index (χ1v) is 7.76. The molecule has 0 atom stereocenters. The Morgan fingerprint density at radius 1 is 1.08 bits per heavy atom. The van der Waals surface area contributed by atoms with Crippen LogP contribution in [0, 0.1) is 24.0 Å². The van der Waals surface area contributed by atoms with E-state index >= 15 is 0 Å². The van der Waals surface area contributed by atoms with Crippen molar-refractivity contribution in [3.05, 3.63) is 63.2 Å². The van der Waals surface area contributed by atoms with Crippen LogP contribution in [0.1, 0.15) is 21.5 Å². The molecule has 0 fully saturated rings. The smallest absolute Gasteiger partial charge is 0.373 e. The predicted octanol–water partition coefficient (Wildman–Crippen LogP) is 3.57. The van der Waals surface area contributed by atoms with Gasteiger partial charge in [-0.25, -0.2) is 4.79 Å². The number of rotatable bonds is 4. The van der Waals surface area contributed by atoms with E-state index in [1.807, 2.05) is 19.1 Å². The quantitative estimate of drug-likeness (QED) is 0.466. The maximum Gasteiger partial charge on any atom is 0.373 e. The van der Waals surface area contributed by atoms with Gasteiger partial charge in [0.25, 0.3) is 5.69 Å². The summed E-state index contributed by atoms with van der Waals surface area (Å²) in [6.45, 7) is 3.70. The molecule has 2 aromatic rings. The molecule has 25 heavy (non-hydrogen) atoms. The molecule has 0 saturated heterocycles. The number of ether oxygens (including phenoxy) is 1. The Kier molecular flexibility index (Phi) is 7.52. The molecule has 0 aliphatic heterocycles. The first kappa shape index (κ1) is 20.1. The Balaban J connectivity index is 0.000000970. The third-order valence-corrected chi connectivity index (χ3v) is 4.20. The summed E-state index contributed by atoms with van der Waals surface area (Å²) in [5.41, 5.74) is 2.20. The van der Waals surface area contributed by atoms with Gasteiger partial charge >= 0.3 is 12.1 Å². The van der Waals surface area contributed by atoms with Crippen LogP contribution in [0.5, 0.6) is 0 Å². The van der Waals surface area contributed by atoms with Gasteiger partial charge in [0.1, 0.15) is 0 Å². The normalized spacial score (nSPS) is 9.40. The lowest BCUT2D eigenvalue weighted by atomic mass is 10.1. The number of nitro benzene ring substituents is 1. The molecule has 0 saturated carbocycles. The lowest BCUT2D eigenvalue weighted by molar-refractivity contribution is -0.387. The van der Waals surface area contributed by atoms with Gasteiger partial charge in [-0.15, -0.1) is 0 Å². The zero-order valence-electron chi connectivity index (χ0n) is 13.8. The standard InChI is InChI=1S/C16H15NO4S.CO2/c1-10-5-7-14(13(8-10)17(19)20)22-15-9-11(2)4-6-12(15)16(18)21-3;2-1-3/h4-9H,1-3H3;. The van der Waals surface area contributed by atoms with Crippen LogP contribution in [-0.2, 0) is 14.3 Å². The van der Waals surface area contributed by atoms with Gasteiger partial charge in [-0.05, 0) is 43.2 Å². The molecule has 0 heterocycles. The minimum absolute atomic E-state index is 0.0299. The van der Waals surface area contributed by atoms with Gasteiger partial charge in [-0.3, -0.25) is 10.1 Å². The van der Waals surface area contributed by atoms with E-state index in [0.717, 1.165) is 11.1 Å². The molecule has 0 aliphatic rings. The Hall–Kier alpha value is -2.96. The van der Waals surface area contributed by atoms with Crippen LogP contribution >= 0.6 is 11.8 Å². The van der Waals surface area contributed by atoms with Crippen LogP contribution in [-0.4, -0.2) is 24.2 Å². The predicted molar refractivity (Wildman–Crippen MR) is 89.5 cm³/mol. The van der Waals surface area contributed by atoms with Crippen molar-refractivity contribution in [3.63, 3.8) is 0 Å². The molecule has 0 amide bonds. The molecule has 0 spiro atoms. The molecule has 8 heteroatoms. The second-order valence-electron chi connectivity index (χ2n) is 4.90. The zero-order chi connectivity index (χ0) is 19.0. The van der Waals surface area contributed by atoms with E-state index in [1.54, 1.807) is 25.1 Å². The maximum absolute atomic E-state index is 11.8. The summed E-state index contributed by atoms with van der Waals surface area (Å²) in [7, 11) is 1.31. The number of methoxy groups -OCH3 is 1. The SMILES string of the molecule is COC(=O)c1ccc(C)cc1Sc1ccc(C)cc1[N+](=O)[O-].O=C=O. The summed E-state index contributed by atoms with van der Waals surface area (Å²) in [5.74, 6) is -0.461. The Morgan fingerprint density at radius 3 is 2.20 bits per heavy atom. The number of benzene rings is 2. The lowest BCUT2D eigenvalue weighted by Gasteiger charge is -2.09. The van der Waals surface area contributed by atoms with E-state index in [0.29, 0.717) is 15.4 Å². The molecular weight excluding hydrogens is 346 g/mol. The average molecular weight is 361 g/mol. The number of hydrogen-bond acceptors (Lipinski definition) is 7. The molecule has 0 N–H and O–H groups in total. The van der Waals surface area contributed by atoms with Crippen LogP contribution < -0.4 is 0 Å². The minimum atomic E-state index is -0.461. The summed E-state index contributed by atoms with van der Waals surface area (Å²) < 4.78 is 4.77. The second-order valence-corrected chi connectivity index (χ2v) is 5.99. The molecule has 130 valence electrons. The van der Waals surface area contributed by atoms with Crippen LogP contribution in [0.3, 0.4) is 0 Å². The van der Waals surface area contributed by atoms with Crippen molar-refractivity contribution in [3.8, 4) is 0 Å². The monoisotopic (exact) mass is 361 g/mol. The van der Waals surface area contributed by atoms with Crippen LogP contribution in [0.2, 0.25) is 0 Å².